The van der Waals surface area contributed by atoms with Crippen molar-refractivity contribution in [3.8, 4) is 0 Å². The minimum absolute atomic E-state index is 0.271. The largest absolute Gasteiger partial charge is 0.330 e. The van der Waals surface area contributed by atoms with Crippen LogP contribution >= 0.6 is 15.9 Å². The van der Waals surface area contributed by atoms with Gasteiger partial charge in [-0.05, 0) is 43.0 Å². The Morgan fingerprint density at radius 1 is 1.48 bits per heavy atom. The molecule has 0 aliphatic carbocycles. The second-order valence-corrected chi connectivity index (χ2v) is 8.45. The minimum atomic E-state index is -3.42. The molecule has 1 aliphatic heterocycles. The maximum atomic E-state index is 12.6. The second kappa shape index (κ2) is 7.19. The van der Waals surface area contributed by atoms with Crippen LogP contribution in [0.25, 0.3) is 0 Å². The first-order chi connectivity index (χ1) is 9.93. The summed E-state index contributed by atoms with van der Waals surface area (Å²) in [5.74, 6) is 0.271. The van der Waals surface area contributed by atoms with E-state index < -0.39 is 10.2 Å². The van der Waals surface area contributed by atoms with Crippen LogP contribution in [0.4, 0.5) is 0 Å². The lowest BCUT2D eigenvalue weighted by molar-refractivity contribution is 0.255. The van der Waals surface area contributed by atoms with E-state index in [4.69, 9.17) is 5.73 Å². The molecular weight excluding hydrogens is 354 g/mol. The fraction of sp³-hybridized carbons (Fsp3) is 0.571. The van der Waals surface area contributed by atoms with Gasteiger partial charge in [-0.2, -0.15) is 17.0 Å². The lowest BCUT2D eigenvalue weighted by atomic mass is 10.0. The number of nitrogens with zero attached hydrogens (tertiary/aromatic N) is 2. The highest BCUT2D eigenvalue weighted by atomic mass is 79.9. The third kappa shape index (κ3) is 4.26. The van der Waals surface area contributed by atoms with Crippen molar-refractivity contribution in [2.24, 2.45) is 11.7 Å². The third-order valence-electron chi connectivity index (χ3n) is 3.83. The Bertz CT molecular complexity index is 579. The number of halogens is 1. The van der Waals surface area contributed by atoms with Crippen molar-refractivity contribution in [3.63, 3.8) is 0 Å². The van der Waals surface area contributed by atoms with E-state index >= 15 is 0 Å². The Labute approximate surface area is 135 Å². The van der Waals surface area contributed by atoms with Crippen molar-refractivity contribution >= 4 is 26.1 Å². The first kappa shape index (κ1) is 16.9. The quantitative estimate of drug-likeness (QED) is 0.852. The Balaban J connectivity index is 2.07. The van der Waals surface area contributed by atoms with Gasteiger partial charge in [0.25, 0.3) is 10.2 Å². The molecule has 0 saturated carbocycles. The Hall–Kier alpha value is -0.470. The van der Waals surface area contributed by atoms with Gasteiger partial charge in [0.2, 0.25) is 0 Å². The lowest BCUT2D eigenvalue weighted by Crippen LogP contribution is -2.47. The van der Waals surface area contributed by atoms with E-state index in [9.17, 15) is 8.42 Å². The molecule has 2 rings (SSSR count). The van der Waals surface area contributed by atoms with E-state index in [0.29, 0.717) is 26.2 Å². The highest BCUT2D eigenvalue weighted by Gasteiger charge is 2.31. The molecule has 1 unspecified atom stereocenters. The van der Waals surface area contributed by atoms with Crippen LogP contribution in [-0.2, 0) is 16.8 Å². The maximum absolute atomic E-state index is 12.6. The number of nitrogens with two attached hydrogens (primary N) is 1. The molecule has 1 atom stereocenters. The van der Waals surface area contributed by atoms with Gasteiger partial charge in [-0.3, -0.25) is 0 Å². The number of hydrogen-bond donors (Lipinski definition) is 1. The molecule has 0 spiro atoms. The molecule has 1 aromatic rings. The average Bonchev–Trinajstić information content (AvgIpc) is 2.47. The van der Waals surface area contributed by atoms with E-state index in [0.717, 1.165) is 22.9 Å². The van der Waals surface area contributed by atoms with Crippen LogP contribution in [0.15, 0.2) is 28.7 Å². The van der Waals surface area contributed by atoms with Crippen molar-refractivity contribution in [1.29, 1.82) is 0 Å². The molecule has 21 heavy (non-hydrogen) atoms. The van der Waals surface area contributed by atoms with Gasteiger partial charge >= 0.3 is 0 Å². The Kier molecular flexibility index (Phi) is 5.79. The predicted molar refractivity (Wildman–Crippen MR) is 87.9 cm³/mol. The topological polar surface area (TPSA) is 66.6 Å². The average molecular weight is 376 g/mol. The van der Waals surface area contributed by atoms with Gasteiger partial charge < -0.3 is 5.73 Å². The zero-order valence-electron chi connectivity index (χ0n) is 12.2. The molecule has 1 fully saturated rings. The molecule has 5 nitrogen and oxygen atoms in total. The van der Waals surface area contributed by atoms with Crippen LogP contribution < -0.4 is 5.73 Å². The molecule has 0 radical (unpaired) electrons. The molecule has 118 valence electrons. The smallest absolute Gasteiger partial charge is 0.282 e. The summed E-state index contributed by atoms with van der Waals surface area (Å²) >= 11 is 3.40. The SMILES string of the molecule is CN(Cc1cccc(Br)c1)S(=O)(=O)N1CCCC(CN)C1. The molecule has 0 aromatic heterocycles. The standard InChI is InChI=1S/C14H22BrN3O2S/c1-17(10-12-4-2-6-14(15)8-12)21(19,20)18-7-3-5-13(9-16)11-18/h2,4,6,8,13H,3,5,7,9-11,16H2,1H3. The lowest BCUT2D eigenvalue weighted by Gasteiger charge is -2.34. The number of benzene rings is 1. The fourth-order valence-electron chi connectivity index (χ4n) is 2.60. The number of piperidine rings is 1. The Morgan fingerprint density at radius 2 is 2.24 bits per heavy atom. The monoisotopic (exact) mass is 375 g/mol. The summed E-state index contributed by atoms with van der Waals surface area (Å²) in [6, 6.07) is 7.69. The summed E-state index contributed by atoms with van der Waals surface area (Å²) in [7, 11) is -1.79. The highest BCUT2D eigenvalue weighted by Crippen LogP contribution is 2.21. The van der Waals surface area contributed by atoms with Crippen LogP contribution in [0.2, 0.25) is 0 Å². The Morgan fingerprint density at radius 3 is 2.90 bits per heavy atom. The summed E-state index contributed by atoms with van der Waals surface area (Å²) in [5.41, 5.74) is 6.65. The van der Waals surface area contributed by atoms with Gasteiger partial charge in [0.05, 0.1) is 0 Å². The number of rotatable bonds is 5. The van der Waals surface area contributed by atoms with Crippen molar-refractivity contribution in [2.45, 2.75) is 19.4 Å². The van der Waals surface area contributed by atoms with E-state index in [1.807, 2.05) is 24.3 Å². The van der Waals surface area contributed by atoms with E-state index in [1.54, 1.807) is 11.4 Å². The first-order valence-electron chi connectivity index (χ1n) is 7.09. The summed E-state index contributed by atoms with van der Waals surface area (Å²) < 4.78 is 29.2. The van der Waals surface area contributed by atoms with Crippen LogP contribution in [0.3, 0.4) is 0 Å². The molecule has 0 bridgehead atoms. The highest BCUT2D eigenvalue weighted by molar-refractivity contribution is 9.10. The summed E-state index contributed by atoms with van der Waals surface area (Å²) in [5, 5.41) is 0. The molecule has 7 heteroatoms. The van der Waals surface area contributed by atoms with Crippen molar-refractivity contribution in [1.82, 2.24) is 8.61 Å². The van der Waals surface area contributed by atoms with Gasteiger partial charge in [-0.1, -0.05) is 28.1 Å². The predicted octanol–water partition coefficient (Wildman–Crippen LogP) is 1.80. The van der Waals surface area contributed by atoms with Crippen LogP contribution in [-0.4, -0.2) is 43.7 Å². The molecule has 0 amide bonds. The summed E-state index contributed by atoms with van der Waals surface area (Å²) in [6.07, 6.45) is 1.89. The van der Waals surface area contributed by atoms with Crippen LogP contribution in [0, 0.1) is 5.92 Å². The van der Waals surface area contributed by atoms with Crippen molar-refractivity contribution < 1.29 is 8.42 Å². The van der Waals surface area contributed by atoms with E-state index in [-0.39, 0.29) is 5.92 Å². The molecule has 1 aliphatic rings. The van der Waals surface area contributed by atoms with Crippen molar-refractivity contribution in [2.75, 3.05) is 26.7 Å². The van der Waals surface area contributed by atoms with E-state index in [1.165, 1.54) is 4.31 Å². The van der Waals surface area contributed by atoms with Gasteiger partial charge in [-0.15, -0.1) is 0 Å². The van der Waals surface area contributed by atoms with Crippen LogP contribution in [0.1, 0.15) is 18.4 Å². The van der Waals surface area contributed by atoms with Gasteiger partial charge in [0.1, 0.15) is 0 Å². The molecule has 1 saturated heterocycles. The third-order valence-corrected chi connectivity index (χ3v) is 6.22. The van der Waals surface area contributed by atoms with Gasteiger partial charge in [0.15, 0.2) is 0 Å². The van der Waals surface area contributed by atoms with Crippen molar-refractivity contribution in [3.05, 3.63) is 34.3 Å². The first-order valence-corrected chi connectivity index (χ1v) is 9.28. The minimum Gasteiger partial charge on any atom is -0.330 e. The molecule has 2 N–H and O–H groups in total. The molecule has 1 heterocycles. The molecule has 1 aromatic carbocycles. The van der Waals surface area contributed by atoms with Gasteiger partial charge in [0, 0.05) is 31.2 Å². The number of hydrogen-bond acceptors (Lipinski definition) is 3. The normalized spacial score (nSPS) is 20.9. The summed E-state index contributed by atoms with van der Waals surface area (Å²) in [6.45, 7) is 2.02. The van der Waals surface area contributed by atoms with Crippen LogP contribution in [0.5, 0.6) is 0 Å². The fourth-order valence-corrected chi connectivity index (χ4v) is 4.51. The zero-order valence-corrected chi connectivity index (χ0v) is 14.6. The zero-order chi connectivity index (χ0) is 15.5. The summed E-state index contributed by atoms with van der Waals surface area (Å²) in [4.78, 5) is 0. The second-order valence-electron chi connectivity index (χ2n) is 5.50. The molecular formula is C14H22BrN3O2S. The maximum Gasteiger partial charge on any atom is 0.282 e. The van der Waals surface area contributed by atoms with Gasteiger partial charge in [-0.25, -0.2) is 0 Å². The van der Waals surface area contributed by atoms with E-state index in [2.05, 4.69) is 15.9 Å².